The molecule has 0 aliphatic carbocycles. The van der Waals surface area contributed by atoms with Crippen LogP contribution < -0.4 is 10.2 Å². The molecule has 4 nitrogen and oxygen atoms in total. The summed E-state index contributed by atoms with van der Waals surface area (Å²) >= 11 is 1.59. The van der Waals surface area contributed by atoms with Crippen LogP contribution in [0.25, 0.3) is 10.2 Å². The molecule has 0 unspecified atom stereocenters. The summed E-state index contributed by atoms with van der Waals surface area (Å²) in [6.45, 7) is 4.11. The lowest BCUT2D eigenvalue weighted by Crippen LogP contribution is -2.30. The van der Waals surface area contributed by atoms with E-state index in [0.717, 1.165) is 42.0 Å². The lowest BCUT2D eigenvalue weighted by atomic mass is 10.1. The summed E-state index contributed by atoms with van der Waals surface area (Å²) < 4.78 is 1.11. The predicted molar refractivity (Wildman–Crippen MR) is 83.5 cm³/mol. The number of hydrogen-bond donors (Lipinski definition) is 1. The van der Waals surface area contributed by atoms with Crippen molar-refractivity contribution in [2.75, 3.05) is 25.0 Å². The van der Waals surface area contributed by atoms with Gasteiger partial charge in [-0.25, -0.2) is 4.98 Å². The van der Waals surface area contributed by atoms with Crippen molar-refractivity contribution < 1.29 is 4.79 Å². The zero-order valence-electron chi connectivity index (χ0n) is 11.8. The molecule has 1 radical (unpaired) electrons. The van der Waals surface area contributed by atoms with Gasteiger partial charge in [0.1, 0.15) is 5.82 Å². The number of pyridine rings is 1. The van der Waals surface area contributed by atoms with Crippen molar-refractivity contribution in [3.05, 3.63) is 29.0 Å². The van der Waals surface area contributed by atoms with E-state index in [1.807, 2.05) is 5.38 Å². The fourth-order valence-corrected chi connectivity index (χ4v) is 3.55. The molecule has 0 aromatic carbocycles. The van der Waals surface area contributed by atoms with Crippen LogP contribution in [0.4, 0.5) is 5.82 Å². The van der Waals surface area contributed by atoms with Crippen molar-refractivity contribution >= 4 is 33.3 Å². The molecule has 5 heteroatoms. The molecule has 3 rings (SSSR count). The van der Waals surface area contributed by atoms with E-state index in [1.165, 1.54) is 5.56 Å². The van der Waals surface area contributed by atoms with Crippen LogP contribution in [0.5, 0.6) is 0 Å². The number of amides is 1. The molecule has 0 saturated carbocycles. The lowest BCUT2D eigenvalue weighted by Gasteiger charge is -2.28. The molecule has 20 heavy (non-hydrogen) atoms. The average Bonchev–Trinajstić information content (AvgIpc) is 2.92. The fraction of sp³-hybridized carbons (Fsp3) is 0.400. The molecule has 0 spiro atoms. The van der Waals surface area contributed by atoms with Crippen LogP contribution in [0, 0.1) is 13.3 Å². The Kier molecular flexibility index (Phi) is 3.61. The lowest BCUT2D eigenvalue weighted by molar-refractivity contribution is 0.0965. The molecule has 1 aliphatic rings. The van der Waals surface area contributed by atoms with Crippen LogP contribution in [-0.4, -0.2) is 31.0 Å². The molecule has 1 N–H and O–H groups in total. The highest BCUT2D eigenvalue weighted by Crippen LogP contribution is 2.31. The highest BCUT2D eigenvalue weighted by molar-refractivity contribution is 7.17. The molecule has 3 heterocycles. The Morgan fingerprint density at radius 1 is 1.40 bits per heavy atom. The number of anilines is 1. The molecule has 105 valence electrons. The topological polar surface area (TPSA) is 45.2 Å². The highest BCUT2D eigenvalue weighted by Gasteiger charge is 2.18. The van der Waals surface area contributed by atoms with Crippen molar-refractivity contribution in [1.82, 2.24) is 10.3 Å². The molecule has 2 aromatic heterocycles. The van der Waals surface area contributed by atoms with Gasteiger partial charge in [-0.1, -0.05) is 0 Å². The summed E-state index contributed by atoms with van der Waals surface area (Å²) in [7, 11) is 1.66. The summed E-state index contributed by atoms with van der Waals surface area (Å²) in [6.07, 6.45) is 4.53. The molecule has 0 atom stereocenters. The number of carbonyl (C=O) groups excluding carboxylic acids is 1. The van der Waals surface area contributed by atoms with Gasteiger partial charge in [-0.15, -0.1) is 11.3 Å². The quantitative estimate of drug-likeness (QED) is 0.924. The maximum absolute atomic E-state index is 11.9. The Hall–Kier alpha value is -1.62. The van der Waals surface area contributed by atoms with Crippen molar-refractivity contribution in [1.29, 1.82) is 0 Å². The second-order valence-corrected chi connectivity index (χ2v) is 5.94. The Balaban J connectivity index is 2.08. The molecular weight excluding hydrogens is 270 g/mol. The predicted octanol–water partition coefficient (Wildman–Crippen LogP) is 2.77. The maximum atomic E-state index is 11.9. The highest BCUT2D eigenvalue weighted by atomic mass is 32.1. The smallest absolute Gasteiger partial charge is 0.254 e. The van der Waals surface area contributed by atoms with E-state index < -0.39 is 0 Å². The summed E-state index contributed by atoms with van der Waals surface area (Å²) in [6, 6.07) is 2.14. The van der Waals surface area contributed by atoms with E-state index in [2.05, 4.69) is 29.6 Å². The number of nitrogens with zero attached hydrogens (tertiary/aromatic N) is 2. The Labute approximate surface area is 122 Å². The monoisotopic (exact) mass is 288 g/mol. The van der Waals surface area contributed by atoms with Crippen LogP contribution in [0.15, 0.2) is 11.4 Å². The first-order valence-corrected chi connectivity index (χ1v) is 7.76. The van der Waals surface area contributed by atoms with Gasteiger partial charge in [0.2, 0.25) is 0 Å². The van der Waals surface area contributed by atoms with Crippen LogP contribution in [0.2, 0.25) is 0 Å². The van der Waals surface area contributed by atoms with Gasteiger partial charge in [0.05, 0.1) is 15.8 Å². The first kappa shape index (κ1) is 13.4. The van der Waals surface area contributed by atoms with Gasteiger partial charge < -0.3 is 10.2 Å². The van der Waals surface area contributed by atoms with Crippen LogP contribution in [0.3, 0.4) is 0 Å². The minimum atomic E-state index is -0.0627. The van der Waals surface area contributed by atoms with Gasteiger partial charge in [-0.3, -0.25) is 4.79 Å². The Morgan fingerprint density at radius 2 is 2.15 bits per heavy atom. The minimum Gasteiger partial charge on any atom is -0.357 e. The summed E-state index contributed by atoms with van der Waals surface area (Å²) in [5.74, 6) is 0.930. The number of nitrogens with one attached hydrogen (secondary N) is 1. The Bertz CT molecular complexity index is 644. The number of aryl methyl sites for hydroxylation is 1. The maximum Gasteiger partial charge on any atom is 0.254 e. The third kappa shape index (κ3) is 2.26. The van der Waals surface area contributed by atoms with E-state index in [1.54, 1.807) is 18.4 Å². The zero-order valence-corrected chi connectivity index (χ0v) is 12.6. The van der Waals surface area contributed by atoms with Gasteiger partial charge in [0.25, 0.3) is 5.91 Å². The van der Waals surface area contributed by atoms with Crippen molar-refractivity contribution in [2.45, 2.75) is 19.8 Å². The van der Waals surface area contributed by atoms with Crippen LogP contribution >= 0.6 is 11.3 Å². The Morgan fingerprint density at radius 3 is 2.85 bits per heavy atom. The van der Waals surface area contributed by atoms with Gasteiger partial charge >= 0.3 is 0 Å². The number of piperidine rings is 1. The SMILES string of the molecule is CNC(=O)c1csc2c(C)cc(N3CC[CH]CC3)nc12. The third-order valence-electron chi connectivity index (χ3n) is 3.70. The van der Waals surface area contributed by atoms with Gasteiger partial charge in [0.15, 0.2) is 0 Å². The van der Waals surface area contributed by atoms with Crippen molar-refractivity contribution in [3.8, 4) is 0 Å². The number of thiophene rings is 1. The summed E-state index contributed by atoms with van der Waals surface area (Å²) in [5.41, 5.74) is 2.71. The first-order chi connectivity index (χ1) is 9.70. The molecule has 1 saturated heterocycles. The first-order valence-electron chi connectivity index (χ1n) is 6.88. The van der Waals surface area contributed by atoms with Crippen molar-refractivity contribution in [2.24, 2.45) is 0 Å². The van der Waals surface area contributed by atoms with Gasteiger partial charge in [-0.05, 0) is 37.8 Å². The molecule has 2 aromatic rings. The number of rotatable bonds is 2. The largest absolute Gasteiger partial charge is 0.357 e. The van der Waals surface area contributed by atoms with E-state index in [0.29, 0.717) is 5.56 Å². The third-order valence-corrected chi connectivity index (χ3v) is 4.80. The van der Waals surface area contributed by atoms with Crippen molar-refractivity contribution in [3.63, 3.8) is 0 Å². The average molecular weight is 288 g/mol. The summed E-state index contributed by atoms with van der Waals surface area (Å²) in [4.78, 5) is 19.0. The van der Waals surface area contributed by atoms with E-state index >= 15 is 0 Å². The summed E-state index contributed by atoms with van der Waals surface area (Å²) in [5, 5.41) is 4.59. The second-order valence-electron chi connectivity index (χ2n) is 5.06. The standard InChI is InChI=1S/C15H18N3OS/c1-10-8-12(18-6-4-3-5-7-18)17-13-11(15(19)16-2)9-20-14(10)13/h3,8-9H,4-7H2,1-2H3,(H,16,19). The van der Waals surface area contributed by atoms with Gasteiger partial charge in [-0.2, -0.15) is 0 Å². The molecule has 0 bridgehead atoms. The second kappa shape index (κ2) is 5.40. The number of hydrogen-bond acceptors (Lipinski definition) is 4. The number of fused-ring (bicyclic) bond motifs is 1. The molecule has 1 fully saturated rings. The molecular formula is C15H18N3OS. The van der Waals surface area contributed by atoms with Gasteiger partial charge in [0, 0.05) is 25.5 Å². The van der Waals surface area contributed by atoms with Crippen LogP contribution in [-0.2, 0) is 0 Å². The molecule has 1 aliphatic heterocycles. The van der Waals surface area contributed by atoms with E-state index in [-0.39, 0.29) is 5.91 Å². The number of carbonyl (C=O) groups is 1. The van der Waals surface area contributed by atoms with E-state index in [9.17, 15) is 4.79 Å². The minimum absolute atomic E-state index is 0.0627. The van der Waals surface area contributed by atoms with Crippen LogP contribution in [0.1, 0.15) is 28.8 Å². The zero-order chi connectivity index (χ0) is 14.1. The number of aromatic nitrogens is 1. The fourth-order valence-electron chi connectivity index (χ4n) is 2.59. The molecule has 1 amide bonds. The van der Waals surface area contributed by atoms with E-state index in [4.69, 9.17) is 4.98 Å². The normalized spacial score (nSPS) is 15.6.